The van der Waals surface area contributed by atoms with Crippen molar-refractivity contribution in [2.75, 3.05) is 5.32 Å². The van der Waals surface area contributed by atoms with Gasteiger partial charge in [-0.25, -0.2) is 9.67 Å². The van der Waals surface area contributed by atoms with Gasteiger partial charge in [0.2, 0.25) is 11.7 Å². The minimum atomic E-state index is -0.122. The maximum absolute atomic E-state index is 11.1. The Labute approximate surface area is 132 Å². The molecule has 2 aromatic heterocycles. The fourth-order valence-electron chi connectivity index (χ4n) is 2.11. The van der Waals surface area contributed by atoms with Gasteiger partial charge in [-0.2, -0.15) is 15.3 Å². The Morgan fingerprint density at radius 2 is 2.17 bits per heavy atom. The molecule has 0 fully saturated rings. The lowest BCUT2D eigenvalue weighted by atomic mass is 10.1. The summed E-state index contributed by atoms with van der Waals surface area (Å²) in [5.74, 6) is 0.482. The standard InChI is InChI=1S/C16H12N6O/c1-11(23)20-14-4-2-3-12(7-14)13-9-19-22(10-13)16-5-6-18-15(8-17)21-16/h2-7,9-10H,1H3,(H,20,23). The molecule has 0 aliphatic rings. The van der Waals surface area contributed by atoms with Crippen molar-refractivity contribution < 1.29 is 4.79 Å². The van der Waals surface area contributed by atoms with Gasteiger partial charge >= 0.3 is 0 Å². The Morgan fingerprint density at radius 3 is 2.96 bits per heavy atom. The van der Waals surface area contributed by atoms with Crippen LogP contribution in [-0.2, 0) is 4.79 Å². The Morgan fingerprint density at radius 1 is 1.30 bits per heavy atom. The van der Waals surface area contributed by atoms with Crippen LogP contribution in [0.3, 0.4) is 0 Å². The van der Waals surface area contributed by atoms with Crippen LogP contribution in [0.2, 0.25) is 0 Å². The summed E-state index contributed by atoms with van der Waals surface area (Å²) < 4.78 is 1.57. The molecule has 0 spiro atoms. The average Bonchev–Trinajstić information content (AvgIpc) is 3.04. The second-order valence-electron chi connectivity index (χ2n) is 4.79. The van der Waals surface area contributed by atoms with Crippen molar-refractivity contribution in [3.8, 4) is 23.0 Å². The zero-order chi connectivity index (χ0) is 16.2. The van der Waals surface area contributed by atoms with Gasteiger partial charge in [-0.05, 0) is 17.7 Å². The fourth-order valence-corrected chi connectivity index (χ4v) is 2.11. The number of aromatic nitrogens is 4. The Bertz CT molecular complexity index is 909. The van der Waals surface area contributed by atoms with Gasteiger partial charge in [0, 0.05) is 36.6 Å². The predicted molar refractivity (Wildman–Crippen MR) is 83.6 cm³/mol. The molecule has 1 aromatic carbocycles. The number of carbonyl (C=O) groups is 1. The van der Waals surface area contributed by atoms with Crippen LogP contribution in [0.5, 0.6) is 0 Å². The number of hydrogen-bond donors (Lipinski definition) is 1. The second kappa shape index (κ2) is 6.07. The van der Waals surface area contributed by atoms with Gasteiger partial charge in [-0.3, -0.25) is 4.79 Å². The van der Waals surface area contributed by atoms with E-state index in [-0.39, 0.29) is 11.7 Å². The van der Waals surface area contributed by atoms with Crippen molar-refractivity contribution in [3.63, 3.8) is 0 Å². The molecule has 3 aromatic rings. The van der Waals surface area contributed by atoms with Gasteiger partial charge in [-0.15, -0.1) is 0 Å². The summed E-state index contributed by atoms with van der Waals surface area (Å²) in [6, 6.07) is 11.0. The van der Waals surface area contributed by atoms with Crippen LogP contribution in [0.4, 0.5) is 5.69 Å². The summed E-state index contributed by atoms with van der Waals surface area (Å²) >= 11 is 0. The van der Waals surface area contributed by atoms with Crippen LogP contribution in [0, 0.1) is 11.3 Å². The lowest BCUT2D eigenvalue weighted by molar-refractivity contribution is -0.114. The Hall–Kier alpha value is -3.53. The number of hydrogen-bond acceptors (Lipinski definition) is 5. The number of nitrogens with zero attached hydrogens (tertiary/aromatic N) is 5. The summed E-state index contributed by atoms with van der Waals surface area (Å²) in [5.41, 5.74) is 2.50. The van der Waals surface area contributed by atoms with Crippen LogP contribution in [0.1, 0.15) is 12.7 Å². The SMILES string of the molecule is CC(=O)Nc1cccc(-c2cnn(-c3ccnc(C#N)n3)c2)c1. The highest BCUT2D eigenvalue weighted by Crippen LogP contribution is 2.23. The molecular weight excluding hydrogens is 292 g/mol. The van der Waals surface area contributed by atoms with Crippen LogP contribution in [-0.4, -0.2) is 25.7 Å². The van der Waals surface area contributed by atoms with Crippen molar-refractivity contribution in [2.45, 2.75) is 6.92 Å². The third-order valence-electron chi connectivity index (χ3n) is 3.07. The van der Waals surface area contributed by atoms with Crippen molar-refractivity contribution in [1.82, 2.24) is 19.7 Å². The number of anilines is 1. The maximum atomic E-state index is 11.1. The molecule has 0 aliphatic carbocycles. The Balaban J connectivity index is 1.93. The lowest BCUT2D eigenvalue weighted by Gasteiger charge is -2.04. The summed E-state index contributed by atoms with van der Waals surface area (Å²) in [7, 11) is 0. The molecule has 0 unspecified atom stereocenters. The number of nitriles is 1. The maximum Gasteiger partial charge on any atom is 0.234 e. The van der Waals surface area contributed by atoms with Gasteiger partial charge in [0.25, 0.3) is 0 Å². The van der Waals surface area contributed by atoms with Crippen molar-refractivity contribution in [2.24, 2.45) is 0 Å². The highest BCUT2D eigenvalue weighted by atomic mass is 16.1. The van der Waals surface area contributed by atoms with Crippen LogP contribution < -0.4 is 5.32 Å². The van der Waals surface area contributed by atoms with E-state index in [0.717, 1.165) is 16.8 Å². The number of amides is 1. The molecule has 0 atom stereocenters. The van der Waals surface area contributed by atoms with E-state index in [1.165, 1.54) is 13.1 Å². The van der Waals surface area contributed by atoms with Crippen LogP contribution in [0.15, 0.2) is 48.9 Å². The third-order valence-corrected chi connectivity index (χ3v) is 3.07. The van der Waals surface area contributed by atoms with E-state index in [1.54, 1.807) is 23.1 Å². The third kappa shape index (κ3) is 3.22. The zero-order valence-electron chi connectivity index (χ0n) is 12.3. The summed E-state index contributed by atoms with van der Waals surface area (Å²) in [6.07, 6.45) is 5.01. The predicted octanol–water partition coefficient (Wildman–Crippen LogP) is 2.16. The number of carbonyl (C=O) groups excluding carboxylic acids is 1. The minimum absolute atomic E-state index is 0.0900. The zero-order valence-corrected chi connectivity index (χ0v) is 12.3. The molecule has 0 bridgehead atoms. The molecule has 0 saturated heterocycles. The van der Waals surface area contributed by atoms with Gasteiger partial charge in [-0.1, -0.05) is 12.1 Å². The van der Waals surface area contributed by atoms with Gasteiger partial charge < -0.3 is 5.32 Å². The van der Waals surface area contributed by atoms with Crippen LogP contribution in [0.25, 0.3) is 16.9 Å². The largest absolute Gasteiger partial charge is 0.326 e. The molecule has 0 saturated carbocycles. The molecule has 7 heteroatoms. The lowest BCUT2D eigenvalue weighted by Crippen LogP contribution is -2.05. The Kier molecular flexibility index (Phi) is 3.80. The van der Waals surface area contributed by atoms with E-state index < -0.39 is 0 Å². The second-order valence-corrected chi connectivity index (χ2v) is 4.79. The molecule has 1 amide bonds. The number of nitrogens with one attached hydrogen (secondary N) is 1. The highest BCUT2D eigenvalue weighted by molar-refractivity contribution is 5.89. The van der Waals surface area contributed by atoms with Crippen molar-refractivity contribution in [3.05, 3.63) is 54.7 Å². The quantitative estimate of drug-likeness (QED) is 0.799. The van der Waals surface area contributed by atoms with E-state index in [4.69, 9.17) is 5.26 Å². The van der Waals surface area contributed by atoms with Crippen molar-refractivity contribution >= 4 is 11.6 Å². The fraction of sp³-hybridized carbons (Fsp3) is 0.0625. The van der Waals surface area contributed by atoms with E-state index in [1.807, 2.05) is 30.3 Å². The van der Waals surface area contributed by atoms with Gasteiger partial charge in [0.1, 0.15) is 6.07 Å². The summed E-state index contributed by atoms with van der Waals surface area (Å²) in [4.78, 5) is 19.1. The smallest absolute Gasteiger partial charge is 0.234 e. The molecule has 2 heterocycles. The monoisotopic (exact) mass is 304 g/mol. The first-order chi connectivity index (χ1) is 11.2. The van der Waals surface area contributed by atoms with E-state index >= 15 is 0 Å². The topological polar surface area (TPSA) is 96.5 Å². The molecular formula is C16H12N6O. The van der Waals surface area contributed by atoms with Gasteiger partial charge in [0.05, 0.1) is 6.20 Å². The highest BCUT2D eigenvalue weighted by Gasteiger charge is 2.06. The molecule has 1 N–H and O–H groups in total. The summed E-state index contributed by atoms with van der Waals surface area (Å²) in [5, 5.41) is 15.9. The van der Waals surface area contributed by atoms with Gasteiger partial charge in [0.15, 0.2) is 5.82 Å². The van der Waals surface area contributed by atoms with E-state index in [0.29, 0.717) is 5.82 Å². The van der Waals surface area contributed by atoms with E-state index in [2.05, 4.69) is 20.4 Å². The first-order valence-electron chi connectivity index (χ1n) is 6.82. The first kappa shape index (κ1) is 14.4. The summed E-state index contributed by atoms with van der Waals surface area (Å²) in [6.45, 7) is 1.46. The molecule has 7 nitrogen and oxygen atoms in total. The average molecular weight is 304 g/mol. The molecule has 3 rings (SSSR count). The van der Waals surface area contributed by atoms with Crippen LogP contribution >= 0.6 is 0 Å². The number of rotatable bonds is 3. The van der Waals surface area contributed by atoms with Crippen molar-refractivity contribution in [1.29, 1.82) is 5.26 Å². The molecule has 0 aliphatic heterocycles. The number of benzene rings is 1. The molecule has 112 valence electrons. The minimum Gasteiger partial charge on any atom is -0.326 e. The molecule has 23 heavy (non-hydrogen) atoms. The molecule has 0 radical (unpaired) electrons. The first-order valence-corrected chi connectivity index (χ1v) is 6.82. The normalized spacial score (nSPS) is 10.1. The van der Waals surface area contributed by atoms with E-state index in [9.17, 15) is 4.79 Å².